The Hall–Kier alpha value is -1.86. The number of pyridine rings is 1. The maximum absolute atomic E-state index is 12.2. The summed E-state index contributed by atoms with van der Waals surface area (Å²) in [4.78, 5) is 18.5. The summed E-state index contributed by atoms with van der Waals surface area (Å²) in [6.45, 7) is 3.57. The zero-order valence-corrected chi connectivity index (χ0v) is 14.9. The SMILES string of the molecule is COc1ccc([C@H]2OCC[C@@H]2NC(=O)NC(C)CCN(C)C)cn1. The molecular formula is C17H28N4O3. The Morgan fingerprint density at radius 1 is 1.50 bits per heavy atom. The van der Waals surface area contributed by atoms with Crippen LogP contribution in [0.1, 0.15) is 31.4 Å². The van der Waals surface area contributed by atoms with E-state index >= 15 is 0 Å². The Kier molecular flexibility index (Phi) is 6.81. The highest BCUT2D eigenvalue weighted by Crippen LogP contribution is 2.29. The number of amides is 2. The Bertz CT molecular complexity index is 521. The maximum Gasteiger partial charge on any atom is 0.315 e. The molecule has 3 atom stereocenters. The smallest absolute Gasteiger partial charge is 0.315 e. The van der Waals surface area contributed by atoms with Crippen LogP contribution in [0, 0.1) is 0 Å². The molecule has 1 aromatic heterocycles. The Morgan fingerprint density at radius 2 is 2.29 bits per heavy atom. The Morgan fingerprint density at radius 3 is 2.92 bits per heavy atom. The first-order chi connectivity index (χ1) is 11.5. The first-order valence-corrected chi connectivity index (χ1v) is 8.33. The van der Waals surface area contributed by atoms with E-state index in [0.29, 0.717) is 12.5 Å². The van der Waals surface area contributed by atoms with E-state index < -0.39 is 0 Å². The second-order valence-corrected chi connectivity index (χ2v) is 6.43. The standard InChI is InChI=1S/C17H28N4O3/c1-12(7-9-21(2)3)19-17(22)20-14-8-10-24-16(14)13-5-6-15(23-4)18-11-13/h5-6,11-12,14,16H,7-10H2,1-4H3,(H2,19,20,22)/t12?,14-,16+/m0/s1. The highest BCUT2D eigenvalue weighted by Gasteiger charge is 2.31. The minimum absolute atomic E-state index is 0.0544. The van der Waals surface area contributed by atoms with E-state index in [1.54, 1.807) is 19.4 Å². The number of nitrogens with one attached hydrogen (secondary N) is 2. The zero-order valence-electron chi connectivity index (χ0n) is 14.9. The van der Waals surface area contributed by atoms with Gasteiger partial charge >= 0.3 is 6.03 Å². The first kappa shape index (κ1) is 18.5. The fourth-order valence-corrected chi connectivity index (χ4v) is 2.70. The van der Waals surface area contributed by atoms with Crippen LogP contribution < -0.4 is 15.4 Å². The van der Waals surface area contributed by atoms with Gasteiger partial charge in [-0.1, -0.05) is 0 Å². The number of rotatable bonds is 7. The minimum atomic E-state index is -0.175. The quantitative estimate of drug-likeness (QED) is 0.790. The van der Waals surface area contributed by atoms with Crippen LogP contribution in [0.2, 0.25) is 0 Å². The van der Waals surface area contributed by atoms with Crippen molar-refractivity contribution < 1.29 is 14.3 Å². The monoisotopic (exact) mass is 336 g/mol. The lowest BCUT2D eigenvalue weighted by molar-refractivity contribution is 0.0994. The van der Waals surface area contributed by atoms with Gasteiger partial charge in [0.1, 0.15) is 6.10 Å². The molecule has 0 saturated carbocycles. The molecule has 1 aliphatic rings. The molecule has 2 rings (SSSR count). The summed E-state index contributed by atoms with van der Waals surface area (Å²) in [6, 6.07) is 3.64. The number of hydrogen-bond donors (Lipinski definition) is 2. The molecule has 7 heteroatoms. The number of carbonyl (C=O) groups excluding carboxylic acids is 1. The molecule has 1 unspecified atom stereocenters. The van der Waals surface area contributed by atoms with Crippen molar-refractivity contribution in [3.63, 3.8) is 0 Å². The van der Waals surface area contributed by atoms with Crippen LogP contribution in [0.15, 0.2) is 18.3 Å². The lowest BCUT2D eigenvalue weighted by atomic mass is 10.0. The molecule has 2 heterocycles. The number of aromatic nitrogens is 1. The van der Waals surface area contributed by atoms with E-state index in [-0.39, 0.29) is 24.2 Å². The summed E-state index contributed by atoms with van der Waals surface area (Å²) < 4.78 is 10.9. The second kappa shape index (κ2) is 8.84. The van der Waals surface area contributed by atoms with Gasteiger partial charge in [-0.3, -0.25) is 0 Å². The third kappa shape index (κ3) is 5.35. The highest BCUT2D eigenvalue weighted by atomic mass is 16.5. The van der Waals surface area contributed by atoms with Gasteiger partial charge in [-0.25, -0.2) is 9.78 Å². The van der Waals surface area contributed by atoms with Gasteiger partial charge in [0.15, 0.2) is 0 Å². The maximum atomic E-state index is 12.2. The van der Waals surface area contributed by atoms with Crippen molar-refractivity contribution in [1.82, 2.24) is 20.5 Å². The summed E-state index contributed by atoms with van der Waals surface area (Å²) in [5, 5.41) is 6.01. The van der Waals surface area contributed by atoms with Crippen LogP contribution in [-0.4, -0.2) is 62.4 Å². The second-order valence-electron chi connectivity index (χ2n) is 6.43. The average Bonchev–Trinajstić information content (AvgIpc) is 3.01. The number of urea groups is 1. The summed E-state index contributed by atoms with van der Waals surface area (Å²) in [5.74, 6) is 0.564. The number of nitrogens with zero attached hydrogens (tertiary/aromatic N) is 2. The van der Waals surface area contributed by atoms with Gasteiger partial charge in [-0.2, -0.15) is 0 Å². The van der Waals surface area contributed by atoms with E-state index in [9.17, 15) is 4.79 Å². The summed E-state index contributed by atoms with van der Waals surface area (Å²) >= 11 is 0. The molecule has 0 radical (unpaired) electrons. The number of carbonyl (C=O) groups is 1. The van der Waals surface area contributed by atoms with Crippen LogP contribution >= 0.6 is 0 Å². The van der Waals surface area contributed by atoms with Crippen molar-refractivity contribution in [2.24, 2.45) is 0 Å². The molecule has 2 N–H and O–H groups in total. The molecular weight excluding hydrogens is 308 g/mol. The zero-order chi connectivity index (χ0) is 17.5. The molecule has 7 nitrogen and oxygen atoms in total. The topological polar surface area (TPSA) is 75.7 Å². The molecule has 1 fully saturated rings. The van der Waals surface area contributed by atoms with Gasteiger partial charge in [-0.15, -0.1) is 0 Å². The predicted octanol–water partition coefficient (Wildman–Crippen LogP) is 1.56. The van der Waals surface area contributed by atoms with Crippen molar-refractivity contribution in [1.29, 1.82) is 0 Å². The van der Waals surface area contributed by atoms with E-state index in [2.05, 4.69) is 20.5 Å². The van der Waals surface area contributed by atoms with Gasteiger partial charge in [0, 0.05) is 30.5 Å². The first-order valence-electron chi connectivity index (χ1n) is 8.33. The summed E-state index contributed by atoms with van der Waals surface area (Å²) in [5.41, 5.74) is 0.944. The number of methoxy groups -OCH3 is 1. The van der Waals surface area contributed by atoms with E-state index in [0.717, 1.165) is 24.9 Å². The molecule has 0 spiro atoms. The molecule has 24 heavy (non-hydrogen) atoms. The third-order valence-corrected chi connectivity index (χ3v) is 4.09. The largest absolute Gasteiger partial charge is 0.481 e. The molecule has 0 aliphatic carbocycles. The molecule has 2 amide bonds. The van der Waals surface area contributed by atoms with Crippen LogP contribution in [0.4, 0.5) is 4.79 Å². The van der Waals surface area contributed by atoms with Crippen LogP contribution in [0.5, 0.6) is 5.88 Å². The minimum Gasteiger partial charge on any atom is -0.481 e. The van der Waals surface area contributed by atoms with Crippen LogP contribution in [-0.2, 0) is 4.74 Å². The van der Waals surface area contributed by atoms with Crippen molar-refractivity contribution in [3.05, 3.63) is 23.9 Å². The third-order valence-electron chi connectivity index (χ3n) is 4.09. The van der Waals surface area contributed by atoms with Crippen molar-refractivity contribution >= 4 is 6.03 Å². The van der Waals surface area contributed by atoms with Gasteiger partial charge < -0.3 is 25.0 Å². The van der Waals surface area contributed by atoms with Crippen molar-refractivity contribution in [3.8, 4) is 5.88 Å². The van der Waals surface area contributed by atoms with E-state index in [1.165, 1.54) is 0 Å². The molecule has 0 bridgehead atoms. The van der Waals surface area contributed by atoms with Crippen molar-refractivity contribution in [2.75, 3.05) is 34.4 Å². The lowest BCUT2D eigenvalue weighted by Gasteiger charge is -2.22. The van der Waals surface area contributed by atoms with Gasteiger partial charge in [0.2, 0.25) is 5.88 Å². The van der Waals surface area contributed by atoms with E-state index in [4.69, 9.17) is 9.47 Å². The lowest BCUT2D eigenvalue weighted by Crippen LogP contribution is -2.46. The number of hydrogen-bond acceptors (Lipinski definition) is 5. The van der Waals surface area contributed by atoms with Gasteiger partial charge in [0.25, 0.3) is 0 Å². The molecule has 1 aliphatic heterocycles. The van der Waals surface area contributed by atoms with Gasteiger partial charge in [-0.05, 0) is 46.5 Å². The average molecular weight is 336 g/mol. The molecule has 134 valence electrons. The van der Waals surface area contributed by atoms with Crippen molar-refractivity contribution in [2.45, 2.75) is 38.0 Å². The Labute approximate surface area is 143 Å². The van der Waals surface area contributed by atoms with Crippen LogP contribution in [0.25, 0.3) is 0 Å². The van der Waals surface area contributed by atoms with Gasteiger partial charge in [0.05, 0.1) is 13.2 Å². The van der Waals surface area contributed by atoms with Crippen LogP contribution in [0.3, 0.4) is 0 Å². The molecule has 0 aromatic carbocycles. The summed E-state index contributed by atoms with van der Waals surface area (Å²) in [6.07, 6.45) is 3.26. The number of ether oxygens (including phenoxy) is 2. The fraction of sp³-hybridized carbons (Fsp3) is 0.647. The van der Waals surface area contributed by atoms with E-state index in [1.807, 2.05) is 27.1 Å². The highest BCUT2D eigenvalue weighted by molar-refractivity contribution is 5.74. The molecule has 1 saturated heterocycles. The normalized spacial score (nSPS) is 21.5. The fourth-order valence-electron chi connectivity index (χ4n) is 2.70. The predicted molar refractivity (Wildman–Crippen MR) is 92.2 cm³/mol. The molecule has 1 aromatic rings. The Balaban J connectivity index is 1.87. The summed E-state index contributed by atoms with van der Waals surface area (Å²) in [7, 11) is 5.63.